The zero-order valence-corrected chi connectivity index (χ0v) is 17.3. The smallest absolute Gasteiger partial charge is 0.0276 e. The lowest BCUT2D eigenvalue weighted by molar-refractivity contribution is 0.571. The number of unbranched alkanes of at least 4 members (excludes halogenated alkanes) is 9. The fraction of sp³-hybridized carbons (Fsp3) is 0.680. The van der Waals surface area contributed by atoms with Crippen molar-refractivity contribution in [1.29, 1.82) is 0 Å². The van der Waals surface area contributed by atoms with Crippen LogP contribution in [-0.2, 0) is 0 Å². The molecule has 25 heavy (non-hydrogen) atoms. The lowest BCUT2D eigenvalue weighted by Gasteiger charge is -2.02. The molecular weight excluding hydrogens is 300 g/mol. The van der Waals surface area contributed by atoms with Gasteiger partial charge in [-0.25, -0.2) is 0 Å². The maximum Gasteiger partial charge on any atom is -0.0276 e. The molecule has 1 saturated carbocycles. The van der Waals surface area contributed by atoms with Crippen LogP contribution < -0.4 is 0 Å². The van der Waals surface area contributed by atoms with Crippen LogP contribution in [0.15, 0.2) is 47.1 Å². The molecule has 0 spiro atoms. The van der Waals surface area contributed by atoms with Gasteiger partial charge >= 0.3 is 0 Å². The largest absolute Gasteiger partial charge is 0.0845 e. The predicted octanol–water partition coefficient (Wildman–Crippen LogP) is 8.86. The fourth-order valence-electron chi connectivity index (χ4n) is 3.54. The lowest BCUT2D eigenvalue weighted by atomic mass is 10.0. The van der Waals surface area contributed by atoms with E-state index in [4.69, 9.17) is 0 Å². The Morgan fingerprint density at radius 3 is 2.08 bits per heavy atom. The molecule has 0 nitrogen and oxygen atoms in total. The van der Waals surface area contributed by atoms with E-state index in [1.807, 2.05) is 0 Å². The third-order valence-corrected chi connectivity index (χ3v) is 5.44. The van der Waals surface area contributed by atoms with E-state index >= 15 is 0 Å². The molecule has 0 heterocycles. The van der Waals surface area contributed by atoms with Gasteiger partial charge in [0.15, 0.2) is 0 Å². The highest BCUT2D eigenvalue weighted by atomic mass is 14.2. The van der Waals surface area contributed by atoms with E-state index in [-0.39, 0.29) is 0 Å². The van der Waals surface area contributed by atoms with Crippen LogP contribution in [0.5, 0.6) is 0 Å². The van der Waals surface area contributed by atoms with Crippen LogP contribution in [0, 0.1) is 0 Å². The molecule has 0 heteroatoms. The molecule has 0 atom stereocenters. The monoisotopic (exact) mass is 342 g/mol. The average Bonchev–Trinajstić information content (AvgIpc) is 3.09. The summed E-state index contributed by atoms with van der Waals surface area (Å²) >= 11 is 0. The van der Waals surface area contributed by atoms with Gasteiger partial charge in [0.25, 0.3) is 0 Å². The van der Waals surface area contributed by atoms with E-state index in [9.17, 15) is 0 Å². The summed E-state index contributed by atoms with van der Waals surface area (Å²) in [7, 11) is 0. The van der Waals surface area contributed by atoms with Crippen LogP contribution >= 0.6 is 0 Å². The molecular formula is C25H42. The summed E-state index contributed by atoms with van der Waals surface area (Å²) in [4.78, 5) is 0. The van der Waals surface area contributed by atoms with Crippen molar-refractivity contribution in [1.82, 2.24) is 0 Å². The molecule has 0 aromatic heterocycles. The van der Waals surface area contributed by atoms with Crippen molar-refractivity contribution in [2.45, 2.75) is 111 Å². The van der Waals surface area contributed by atoms with Crippen molar-refractivity contribution in [3.63, 3.8) is 0 Å². The van der Waals surface area contributed by atoms with Crippen molar-refractivity contribution >= 4 is 0 Å². The molecule has 0 aromatic carbocycles. The van der Waals surface area contributed by atoms with Crippen molar-refractivity contribution in [2.75, 3.05) is 0 Å². The number of allylic oxidation sites excluding steroid dienone is 8. The van der Waals surface area contributed by atoms with Gasteiger partial charge in [-0.05, 0) is 76.4 Å². The Hall–Kier alpha value is -1.04. The average molecular weight is 343 g/mol. The molecule has 0 bridgehead atoms. The fourth-order valence-corrected chi connectivity index (χ4v) is 3.54. The van der Waals surface area contributed by atoms with Gasteiger partial charge in [-0.2, -0.15) is 0 Å². The minimum Gasteiger partial charge on any atom is -0.0845 e. The highest BCUT2D eigenvalue weighted by Gasteiger charge is 2.11. The Bertz CT molecular complexity index is 445. The molecule has 142 valence electrons. The van der Waals surface area contributed by atoms with E-state index in [0.29, 0.717) is 0 Å². The van der Waals surface area contributed by atoms with Crippen molar-refractivity contribution in [3.8, 4) is 0 Å². The molecule has 0 aromatic rings. The lowest BCUT2D eigenvalue weighted by Crippen LogP contribution is -1.82. The molecule has 0 radical (unpaired) electrons. The van der Waals surface area contributed by atoms with Gasteiger partial charge in [0.2, 0.25) is 0 Å². The molecule has 1 aliphatic carbocycles. The summed E-state index contributed by atoms with van der Waals surface area (Å²) in [6, 6.07) is 0. The van der Waals surface area contributed by atoms with Gasteiger partial charge in [-0.3, -0.25) is 0 Å². The maximum atomic E-state index is 2.52. The van der Waals surface area contributed by atoms with E-state index in [0.717, 1.165) is 0 Å². The van der Waals surface area contributed by atoms with Crippen LogP contribution in [-0.4, -0.2) is 0 Å². The Morgan fingerprint density at radius 1 is 0.840 bits per heavy atom. The zero-order chi connectivity index (χ0) is 18.2. The molecule has 1 rings (SSSR count). The summed E-state index contributed by atoms with van der Waals surface area (Å²) in [5.41, 5.74) is 4.74. The third-order valence-electron chi connectivity index (χ3n) is 5.44. The van der Waals surface area contributed by atoms with Crippen molar-refractivity contribution in [2.24, 2.45) is 0 Å². The summed E-state index contributed by atoms with van der Waals surface area (Å²) < 4.78 is 0. The first-order chi connectivity index (χ1) is 12.3. The molecule has 1 aliphatic rings. The molecule has 1 fully saturated rings. The van der Waals surface area contributed by atoms with Gasteiger partial charge in [0.05, 0.1) is 0 Å². The molecule has 0 aliphatic heterocycles. The minimum atomic E-state index is 1.17. The van der Waals surface area contributed by atoms with Crippen molar-refractivity contribution in [3.05, 3.63) is 47.1 Å². The number of hydrogen-bond donors (Lipinski definition) is 0. The quantitative estimate of drug-likeness (QED) is 0.231. The zero-order valence-electron chi connectivity index (χ0n) is 17.3. The van der Waals surface area contributed by atoms with Crippen LogP contribution in [0.2, 0.25) is 0 Å². The Kier molecular flexibility index (Phi) is 13.4. The van der Waals surface area contributed by atoms with Gasteiger partial charge in [0, 0.05) is 0 Å². The van der Waals surface area contributed by atoms with Crippen LogP contribution in [0.25, 0.3) is 0 Å². The number of rotatable bonds is 13. The summed E-state index contributed by atoms with van der Waals surface area (Å²) in [6.45, 7) is 6.61. The SMILES string of the molecule is CC=C1CCC/C1=C/CCCCCCCCCC/C=C\C=C(\C)CC. The van der Waals surface area contributed by atoms with E-state index in [1.54, 1.807) is 11.1 Å². The first kappa shape index (κ1) is 22.0. The molecule has 0 amide bonds. The van der Waals surface area contributed by atoms with Crippen LogP contribution in [0.4, 0.5) is 0 Å². The standard InChI is InChI=1S/C25H42/c1-4-23(3)19-16-14-12-10-8-6-7-9-11-13-15-17-20-25-22-18-21-24(25)5-2/h5,14,16,19-20H,4,6-13,15,17-18,21-22H2,1-3H3/b16-14-,23-19-,24-5?,25-20-. The predicted molar refractivity (Wildman–Crippen MR) is 115 cm³/mol. The van der Waals surface area contributed by atoms with Gasteiger partial charge in [-0.1, -0.05) is 81.4 Å². The van der Waals surface area contributed by atoms with E-state index in [1.165, 1.54) is 95.5 Å². The highest BCUT2D eigenvalue weighted by Crippen LogP contribution is 2.30. The van der Waals surface area contributed by atoms with Gasteiger partial charge in [0.1, 0.15) is 0 Å². The summed E-state index contributed by atoms with van der Waals surface area (Å²) in [6.07, 6.45) is 30.7. The molecule has 0 saturated heterocycles. The van der Waals surface area contributed by atoms with Gasteiger partial charge in [-0.15, -0.1) is 0 Å². The van der Waals surface area contributed by atoms with Crippen molar-refractivity contribution < 1.29 is 0 Å². The first-order valence-corrected chi connectivity index (χ1v) is 10.9. The molecule has 0 unspecified atom stereocenters. The highest BCUT2D eigenvalue weighted by molar-refractivity contribution is 5.34. The normalized spacial score (nSPS) is 18.9. The van der Waals surface area contributed by atoms with Gasteiger partial charge < -0.3 is 0 Å². The van der Waals surface area contributed by atoms with Crippen LogP contribution in [0.1, 0.15) is 111 Å². The second-order valence-electron chi connectivity index (χ2n) is 7.60. The third kappa shape index (κ3) is 11.2. The second kappa shape index (κ2) is 15.2. The Balaban J connectivity index is 1.87. The minimum absolute atomic E-state index is 1.17. The number of hydrogen-bond acceptors (Lipinski definition) is 0. The molecule has 0 N–H and O–H groups in total. The van der Waals surface area contributed by atoms with E-state index in [2.05, 4.69) is 51.2 Å². The topological polar surface area (TPSA) is 0 Å². The summed E-state index contributed by atoms with van der Waals surface area (Å²) in [5, 5.41) is 0. The maximum absolute atomic E-state index is 2.52. The van der Waals surface area contributed by atoms with E-state index < -0.39 is 0 Å². The summed E-state index contributed by atoms with van der Waals surface area (Å²) in [5.74, 6) is 0. The first-order valence-electron chi connectivity index (χ1n) is 10.9. The Morgan fingerprint density at radius 2 is 1.44 bits per heavy atom. The second-order valence-corrected chi connectivity index (χ2v) is 7.60. The van der Waals surface area contributed by atoms with Crippen LogP contribution in [0.3, 0.4) is 0 Å². The Labute approximate surface area is 158 Å².